The maximum atomic E-state index is 16.0. The Morgan fingerprint density at radius 2 is 1.28 bits per heavy atom. The van der Waals surface area contributed by atoms with Gasteiger partial charge in [0.2, 0.25) is 25.7 Å². The predicted molar refractivity (Wildman–Crippen MR) is 238 cm³/mol. The molecular weight excluding hydrogens is 904 g/mol. The monoisotopic (exact) mass is 941 g/mol. The molecule has 0 saturated heterocycles. The second kappa shape index (κ2) is 18.0. The van der Waals surface area contributed by atoms with Crippen molar-refractivity contribution in [1.82, 2.24) is 29.5 Å². The molecule has 334 valence electrons. The zero-order valence-electron chi connectivity index (χ0n) is 34.7. The van der Waals surface area contributed by atoms with Gasteiger partial charge < -0.3 is 19.9 Å². The second-order valence-corrected chi connectivity index (χ2v) is 19.4. The zero-order chi connectivity index (χ0) is 46.1. The van der Waals surface area contributed by atoms with E-state index in [0.717, 1.165) is 34.1 Å². The minimum atomic E-state index is -5.12. The van der Waals surface area contributed by atoms with Crippen molar-refractivity contribution in [3.63, 3.8) is 0 Å². The molecule has 0 aliphatic heterocycles. The highest BCUT2D eigenvalue weighted by Gasteiger charge is 2.40. The fourth-order valence-electron chi connectivity index (χ4n) is 7.16. The molecule has 0 spiro atoms. The number of aromatic nitrogens is 5. The lowest BCUT2D eigenvalue weighted by atomic mass is 9.98. The summed E-state index contributed by atoms with van der Waals surface area (Å²) in [6, 6.07) is 30.9. The standard InChI is InChI=1S/C45H38F3N7O7S3/c1-60-32-16-10-28(11-17-32)25-54(26-29-12-18-33(61-2)19-13-29)65(58,59)42-39(64(56,57)35-7-4-6-31(24-35)45(46,47)48)23-22-36(37-8-5-9-38-41(37)50-44(49)63-38)40(42)43-51-53-55(52-43)27-30-14-20-34(62-3)21-15-30/h4-24H,25-27H2,1-3H3,(H2,49,50). The van der Waals surface area contributed by atoms with Gasteiger partial charge in [0.1, 0.15) is 22.1 Å². The van der Waals surface area contributed by atoms with Crippen molar-refractivity contribution in [3.8, 4) is 39.8 Å². The average molecular weight is 942 g/mol. The van der Waals surface area contributed by atoms with Gasteiger partial charge in [0.05, 0.1) is 59.0 Å². The quantitative estimate of drug-likeness (QED) is 0.104. The first kappa shape index (κ1) is 44.7. The van der Waals surface area contributed by atoms with Crippen LogP contribution in [0.2, 0.25) is 0 Å². The van der Waals surface area contributed by atoms with Crippen LogP contribution in [0.4, 0.5) is 18.3 Å². The summed E-state index contributed by atoms with van der Waals surface area (Å²) in [5, 5.41) is 13.4. The Morgan fingerprint density at radius 3 is 1.85 bits per heavy atom. The Bertz CT molecular complexity index is 3190. The molecule has 0 unspecified atom stereocenters. The minimum Gasteiger partial charge on any atom is -0.497 e. The average Bonchev–Trinajstić information content (AvgIpc) is 3.94. The highest BCUT2D eigenvalue weighted by atomic mass is 32.2. The number of ether oxygens (including phenoxy) is 3. The largest absolute Gasteiger partial charge is 0.497 e. The number of nitrogens with two attached hydrogens (primary N) is 1. The summed E-state index contributed by atoms with van der Waals surface area (Å²) < 4.78 is 122. The van der Waals surface area contributed by atoms with Gasteiger partial charge in [-0.15, -0.1) is 10.2 Å². The van der Waals surface area contributed by atoms with E-state index >= 15 is 16.8 Å². The third kappa shape index (κ3) is 9.23. The summed E-state index contributed by atoms with van der Waals surface area (Å²) in [6.07, 6.45) is -4.93. The van der Waals surface area contributed by atoms with E-state index in [9.17, 15) is 13.2 Å². The lowest BCUT2D eigenvalue weighted by molar-refractivity contribution is -0.137. The van der Waals surface area contributed by atoms with Gasteiger partial charge in [-0.25, -0.2) is 21.8 Å². The molecule has 0 atom stereocenters. The molecule has 65 heavy (non-hydrogen) atoms. The minimum absolute atomic E-state index is 0.0515. The SMILES string of the molecule is COc1ccc(CN(Cc2ccc(OC)cc2)S(=O)(=O)c2c(S(=O)(=O)c3cccc(C(F)(F)F)c3)ccc(-c3cccc4sc(N)nc34)c2-c2nnn(Cc3ccc(OC)cc3)n2)cc1. The van der Waals surface area contributed by atoms with Crippen molar-refractivity contribution in [3.05, 3.63) is 150 Å². The van der Waals surface area contributed by atoms with Crippen molar-refractivity contribution in [2.45, 2.75) is 40.5 Å². The fraction of sp³-hybridized carbons (Fsp3) is 0.156. The highest BCUT2D eigenvalue weighted by molar-refractivity contribution is 7.93. The number of tetrazole rings is 1. The van der Waals surface area contributed by atoms with Gasteiger partial charge in [-0.2, -0.15) is 22.3 Å². The second-order valence-electron chi connectivity index (χ2n) is 14.5. The topological polar surface area (TPSA) is 182 Å². The number of hydrogen-bond donors (Lipinski definition) is 1. The van der Waals surface area contributed by atoms with Gasteiger partial charge in [0.25, 0.3) is 0 Å². The molecule has 0 bridgehead atoms. The van der Waals surface area contributed by atoms with E-state index in [1.807, 2.05) is 0 Å². The Morgan fingerprint density at radius 1 is 0.708 bits per heavy atom. The van der Waals surface area contributed by atoms with Crippen LogP contribution in [0.25, 0.3) is 32.7 Å². The van der Waals surface area contributed by atoms with Crippen molar-refractivity contribution in [2.75, 3.05) is 27.1 Å². The summed E-state index contributed by atoms with van der Waals surface area (Å²) in [4.78, 5) is 3.30. The fourth-order valence-corrected chi connectivity index (χ4v) is 11.6. The van der Waals surface area contributed by atoms with Gasteiger partial charge in [0, 0.05) is 18.7 Å². The molecule has 0 fully saturated rings. The lowest BCUT2D eigenvalue weighted by Gasteiger charge is -2.26. The first-order valence-electron chi connectivity index (χ1n) is 19.5. The van der Waals surface area contributed by atoms with Crippen LogP contribution in [0.3, 0.4) is 0 Å². The van der Waals surface area contributed by atoms with E-state index in [0.29, 0.717) is 50.2 Å². The van der Waals surface area contributed by atoms with Crippen LogP contribution in [0.1, 0.15) is 22.3 Å². The summed E-state index contributed by atoms with van der Waals surface area (Å²) in [5.74, 6) is 1.30. The molecule has 8 aromatic rings. The molecule has 14 nitrogen and oxygen atoms in total. The number of nitrogen functional groups attached to an aromatic ring is 1. The van der Waals surface area contributed by atoms with E-state index in [4.69, 9.17) is 19.9 Å². The van der Waals surface area contributed by atoms with Gasteiger partial charge >= 0.3 is 6.18 Å². The Kier molecular flexibility index (Phi) is 12.4. The number of methoxy groups -OCH3 is 3. The summed E-state index contributed by atoms with van der Waals surface area (Å²) in [6.45, 7) is -0.558. The maximum Gasteiger partial charge on any atom is 0.416 e. The third-order valence-electron chi connectivity index (χ3n) is 10.4. The van der Waals surface area contributed by atoms with Gasteiger partial charge in [0.15, 0.2) is 5.13 Å². The number of nitrogens with zero attached hydrogens (tertiary/aromatic N) is 6. The maximum absolute atomic E-state index is 16.0. The van der Waals surface area contributed by atoms with Crippen molar-refractivity contribution in [1.29, 1.82) is 0 Å². The Labute approximate surface area is 375 Å². The molecule has 2 heterocycles. The van der Waals surface area contributed by atoms with E-state index in [1.165, 1.54) is 43.5 Å². The molecule has 0 aliphatic carbocycles. The van der Waals surface area contributed by atoms with Crippen LogP contribution in [-0.4, -0.2) is 67.7 Å². The number of sulfonamides is 1. The highest BCUT2D eigenvalue weighted by Crippen LogP contribution is 2.45. The molecule has 2 aromatic heterocycles. The summed E-state index contributed by atoms with van der Waals surface area (Å²) in [5.41, 5.74) is 7.17. The molecule has 8 rings (SSSR count). The zero-order valence-corrected chi connectivity index (χ0v) is 37.2. The number of sulfone groups is 1. The van der Waals surface area contributed by atoms with Crippen molar-refractivity contribution >= 4 is 46.5 Å². The number of alkyl halides is 3. The molecule has 0 aliphatic rings. The van der Waals surface area contributed by atoms with E-state index in [1.54, 1.807) is 91.0 Å². The predicted octanol–water partition coefficient (Wildman–Crippen LogP) is 8.52. The molecule has 2 N–H and O–H groups in total. The van der Waals surface area contributed by atoms with Crippen LogP contribution in [0.5, 0.6) is 17.2 Å². The van der Waals surface area contributed by atoms with Gasteiger partial charge in [-0.1, -0.05) is 72.0 Å². The van der Waals surface area contributed by atoms with Crippen LogP contribution >= 0.6 is 11.3 Å². The van der Waals surface area contributed by atoms with Crippen LogP contribution in [-0.2, 0) is 45.7 Å². The number of fused-ring (bicyclic) bond motifs is 1. The summed E-state index contributed by atoms with van der Waals surface area (Å²) >= 11 is 1.18. The van der Waals surface area contributed by atoms with E-state index < -0.39 is 46.3 Å². The van der Waals surface area contributed by atoms with Crippen LogP contribution in [0.15, 0.2) is 142 Å². The molecule has 0 amide bonds. The van der Waals surface area contributed by atoms with Crippen LogP contribution < -0.4 is 19.9 Å². The number of benzene rings is 6. The number of para-hydroxylation sites is 1. The Balaban J connectivity index is 1.43. The first-order valence-corrected chi connectivity index (χ1v) is 23.2. The number of hydrogen-bond acceptors (Lipinski definition) is 13. The van der Waals surface area contributed by atoms with Gasteiger partial charge in [-0.3, -0.25) is 0 Å². The molecule has 0 radical (unpaired) electrons. The lowest BCUT2D eigenvalue weighted by Crippen LogP contribution is -2.32. The Hall–Kier alpha value is -6.87. The number of halogens is 3. The normalized spacial score (nSPS) is 12.2. The molecule has 20 heteroatoms. The molecule has 0 saturated carbocycles. The molecular formula is C45H38F3N7O7S3. The molecule has 6 aromatic carbocycles. The summed E-state index contributed by atoms with van der Waals surface area (Å²) in [7, 11) is -5.73. The smallest absolute Gasteiger partial charge is 0.416 e. The van der Waals surface area contributed by atoms with Crippen molar-refractivity contribution in [2.24, 2.45) is 0 Å². The van der Waals surface area contributed by atoms with Gasteiger partial charge in [-0.05, 0) is 94.2 Å². The van der Waals surface area contributed by atoms with E-state index in [-0.39, 0.29) is 41.7 Å². The number of thiazole rings is 1. The van der Waals surface area contributed by atoms with Crippen LogP contribution in [0, 0.1) is 0 Å². The third-order valence-corrected chi connectivity index (χ3v) is 15.1. The van der Waals surface area contributed by atoms with E-state index in [2.05, 4.69) is 20.4 Å². The van der Waals surface area contributed by atoms with Crippen molar-refractivity contribution < 1.29 is 44.2 Å². The number of rotatable bonds is 15. The number of anilines is 1. The first-order chi connectivity index (χ1) is 31.1.